The first-order valence-corrected chi connectivity index (χ1v) is 11.1. The molecule has 1 amide bonds. The van der Waals surface area contributed by atoms with Crippen LogP contribution in [0.1, 0.15) is 52.4 Å². The largest absolute Gasteiger partial charge is 0.496 e. The zero-order valence-electron chi connectivity index (χ0n) is 18.9. The molecule has 0 bridgehead atoms. The van der Waals surface area contributed by atoms with Crippen LogP contribution in [0.15, 0.2) is 59.9 Å². The third-order valence-electron chi connectivity index (χ3n) is 6.48. The number of anilines is 2. The Morgan fingerprint density at radius 3 is 2.76 bits per heavy atom. The van der Waals surface area contributed by atoms with Gasteiger partial charge in [0.15, 0.2) is 5.78 Å². The van der Waals surface area contributed by atoms with Crippen LogP contribution in [0.4, 0.5) is 11.5 Å². The molecule has 2 N–H and O–H groups in total. The minimum Gasteiger partial charge on any atom is -0.496 e. The molecule has 0 fully saturated rings. The van der Waals surface area contributed by atoms with E-state index in [-0.39, 0.29) is 11.7 Å². The van der Waals surface area contributed by atoms with Gasteiger partial charge >= 0.3 is 0 Å². The molecule has 0 radical (unpaired) electrons. The number of Topliss-reactive ketones (excluding diaryl/α,β-unsaturated/α-hetero) is 1. The summed E-state index contributed by atoms with van der Waals surface area (Å²) in [7, 11) is 1.62. The van der Waals surface area contributed by atoms with Crippen molar-refractivity contribution in [1.82, 2.24) is 9.78 Å². The Balaban J connectivity index is 1.58. The van der Waals surface area contributed by atoms with Crippen LogP contribution in [0.2, 0.25) is 0 Å². The summed E-state index contributed by atoms with van der Waals surface area (Å²) in [6, 6.07) is 13.0. The van der Waals surface area contributed by atoms with E-state index in [9.17, 15) is 9.59 Å². The van der Waals surface area contributed by atoms with Crippen molar-refractivity contribution < 1.29 is 14.3 Å². The van der Waals surface area contributed by atoms with E-state index in [2.05, 4.69) is 15.7 Å². The van der Waals surface area contributed by atoms with Gasteiger partial charge in [-0.15, -0.1) is 0 Å². The number of carbonyl (C=O) groups is 2. The fourth-order valence-electron chi connectivity index (χ4n) is 4.62. The number of methoxy groups -OCH3 is 1. The Kier molecular flexibility index (Phi) is 5.24. The molecule has 168 valence electrons. The molecule has 7 heteroatoms. The summed E-state index contributed by atoms with van der Waals surface area (Å²) in [5, 5.41) is 10.9. The summed E-state index contributed by atoms with van der Waals surface area (Å²) in [4.78, 5) is 26.2. The molecule has 5 rings (SSSR count). The van der Waals surface area contributed by atoms with E-state index in [1.54, 1.807) is 18.0 Å². The summed E-state index contributed by atoms with van der Waals surface area (Å²) in [5.41, 5.74) is 5.83. The number of rotatable bonds is 4. The first kappa shape index (κ1) is 21.0. The van der Waals surface area contributed by atoms with Crippen LogP contribution >= 0.6 is 0 Å². The second-order valence-electron chi connectivity index (χ2n) is 8.54. The summed E-state index contributed by atoms with van der Waals surface area (Å²) >= 11 is 0. The lowest BCUT2D eigenvalue weighted by Gasteiger charge is -2.34. The molecule has 0 spiro atoms. The molecule has 1 aliphatic carbocycles. The Morgan fingerprint density at radius 1 is 1.15 bits per heavy atom. The van der Waals surface area contributed by atoms with E-state index in [1.807, 2.05) is 56.3 Å². The van der Waals surface area contributed by atoms with Crippen molar-refractivity contribution in [3.05, 3.63) is 82.2 Å². The molecule has 7 nitrogen and oxygen atoms in total. The van der Waals surface area contributed by atoms with E-state index in [1.165, 1.54) is 5.56 Å². The lowest BCUT2D eigenvalue weighted by atomic mass is 9.85. The smallest absolute Gasteiger partial charge is 0.261 e. The van der Waals surface area contributed by atoms with Gasteiger partial charge in [0, 0.05) is 28.9 Å². The van der Waals surface area contributed by atoms with Gasteiger partial charge in [-0.25, -0.2) is 4.68 Å². The van der Waals surface area contributed by atoms with Gasteiger partial charge in [-0.2, -0.15) is 5.10 Å². The third-order valence-corrected chi connectivity index (χ3v) is 6.48. The number of carbonyl (C=O) groups excluding carboxylic acids is 2. The van der Waals surface area contributed by atoms with Crippen molar-refractivity contribution in [1.29, 1.82) is 0 Å². The molecular weight excluding hydrogens is 416 g/mol. The van der Waals surface area contributed by atoms with E-state index >= 15 is 0 Å². The predicted molar refractivity (Wildman–Crippen MR) is 127 cm³/mol. The van der Waals surface area contributed by atoms with Gasteiger partial charge < -0.3 is 15.4 Å². The Morgan fingerprint density at radius 2 is 1.97 bits per heavy atom. The molecule has 33 heavy (non-hydrogen) atoms. The first-order chi connectivity index (χ1) is 16.0. The van der Waals surface area contributed by atoms with Crippen LogP contribution in [0, 0.1) is 13.8 Å². The summed E-state index contributed by atoms with van der Waals surface area (Å²) in [6.45, 7) is 4.05. The summed E-state index contributed by atoms with van der Waals surface area (Å²) in [6.07, 6.45) is 3.59. The van der Waals surface area contributed by atoms with Gasteiger partial charge in [-0.1, -0.05) is 24.3 Å². The molecule has 1 aromatic heterocycles. The number of nitrogens with zero attached hydrogens (tertiary/aromatic N) is 2. The second kappa shape index (κ2) is 8.24. The Hall–Kier alpha value is -3.87. The van der Waals surface area contributed by atoms with Crippen LogP contribution in [0.25, 0.3) is 0 Å². The van der Waals surface area contributed by atoms with Gasteiger partial charge in [-0.05, 0) is 56.0 Å². The van der Waals surface area contributed by atoms with E-state index in [0.29, 0.717) is 29.1 Å². The predicted octanol–water partition coefficient (Wildman–Crippen LogP) is 4.78. The maximum atomic E-state index is 13.2. The SMILES string of the molecule is COc1ccccc1C1C2=C(CCCC2=O)Nc2c(C(=O)Nc3ccc(C)c(C)c3)cnn21. The van der Waals surface area contributed by atoms with Gasteiger partial charge in [0.1, 0.15) is 23.2 Å². The zero-order valence-corrected chi connectivity index (χ0v) is 18.9. The van der Waals surface area contributed by atoms with Gasteiger partial charge in [0.25, 0.3) is 5.91 Å². The average Bonchev–Trinajstić information content (AvgIpc) is 3.24. The van der Waals surface area contributed by atoms with Gasteiger partial charge in [0.05, 0.1) is 13.3 Å². The van der Waals surface area contributed by atoms with Crippen LogP contribution < -0.4 is 15.4 Å². The minimum atomic E-state index is -0.455. The Bertz CT molecular complexity index is 1300. The Labute approximate surface area is 192 Å². The molecule has 1 aliphatic heterocycles. The molecule has 2 heterocycles. The number of amides is 1. The molecule has 1 atom stereocenters. The van der Waals surface area contributed by atoms with Crippen molar-refractivity contribution in [2.24, 2.45) is 0 Å². The number of hydrogen-bond acceptors (Lipinski definition) is 5. The maximum absolute atomic E-state index is 13.2. The quantitative estimate of drug-likeness (QED) is 0.607. The molecule has 3 aromatic rings. The van der Waals surface area contributed by atoms with Crippen LogP contribution in [-0.2, 0) is 4.79 Å². The van der Waals surface area contributed by atoms with Crippen LogP contribution in [-0.4, -0.2) is 28.6 Å². The number of para-hydroxylation sites is 1. The van der Waals surface area contributed by atoms with Crippen molar-refractivity contribution in [2.75, 3.05) is 17.7 Å². The minimum absolute atomic E-state index is 0.0990. The van der Waals surface area contributed by atoms with Crippen molar-refractivity contribution in [2.45, 2.75) is 39.2 Å². The lowest BCUT2D eigenvalue weighted by molar-refractivity contribution is -0.116. The lowest BCUT2D eigenvalue weighted by Crippen LogP contribution is -2.32. The number of hydrogen-bond donors (Lipinski definition) is 2. The van der Waals surface area contributed by atoms with Gasteiger partial charge in [0.2, 0.25) is 0 Å². The monoisotopic (exact) mass is 442 g/mol. The van der Waals surface area contributed by atoms with Crippen LogP contribution in [0.5, 0.6) is 5.75 Å². The number of allylic oxidation sites excluding steroid dienone is 2. The van der Waals surface area contributed by atoms with Gasteiger partial charge in [-0.3, -0.25) is 9.59 Å². The normalized spacial score (nSPS) is 17.2. The molecule has 0 saturated heterocycles. The number of ketones is 1. The van der Waals surface area contributed by atoms with E-state index in [4.69, 9.17) is 4.74 Å². The van der Waals surface area contributed by atoms with Crippen molar-refractivity contribution >= 4 is 23.2 Å². The summed E-state index contributed by atoms with van der Waals surface area (Å²) in [5.74, 6) is 1.11. The fourth-order valence-corrected chi connectivity index (χ4v) is 4.62. The number of fused-ring (bicyclic) bond motifs is 1. The highest BCUT2D eigenvalue weighted by molar-refractivity contribution is 6.08. The van der Waals surface area contributed by atoms with Crippen molar-refractivity contribution in [3.8, 4) is 5.75 Å². The standard InChI is InChI=1S/C26H26N4O3/c1-15-11-12-17(13-16(15)2)28-26(32)19-14-27-30-24(18-7-4-5-10-22(18)33-3)23-20(29-25(19)30)8-6-9-21(23)31/h4-5,7,10-14,24,29H,6,8-9H2,1-3H3,(H,28,32). The molecule has 1 unspecified atom stereocenters. The number of aryl methyl sites for hydroxylation is 2. The topological polar surface area (TPSA) is 85.2 Å². The summed E-state index contributed by atoms with van der Waals surface area (Å²) < 4.78 is 7.34. The highest BCUT2D eigenvalue weighted by atomic mass is 16.5. The number of ether oxygens (including phenoxy) is 1. The van der Waals surface area contributed by atoms with Crippen LogP contribution in [0.3, 0.4) is 0 Å². The second-order valence-corrected chi connectivity index (χ2v) is 8.54. The number of aromatic nitrogens is 2. The van der Waals surface area contributed by atoms with E-state index < -0.39 is 6.04 Å². The number of nitrogens with one attached hydrogen (secondary N) is 2. The molecule has 2 aromatic carbocycles. The van der Waals surface area contributed by atoms with Crippen molar-refractivity contribution in [3.63, 3.8) is 0 Å². The molecular formula is C26H26N4O3. The highest BCUT2D eigenvalue weighted by Crippen LogP contribution is 2.43. The highest BCUT2D eigenvalue weighted by Gasteiger charge is 2.38. The van der Waals surface area contributed by atoms with E-state index in [0.717, 1.165) is 35.4 Å². The number of benzene rings is 2. The zero-order chi connectivity index (χ0) is 23.1. The first-order valence-electron chi connectivity index (χ1n) is 11.1. The average molecular weight is 443 g/mol. The molecule has 0 saturated carbocycles. The fraction of sp³-hybridized carbons (Fsp3) is 0.269. The molecule has 2 aliphatic rings. The maximum Gasteiger partial charge on any atom is 0.261 e. The third kappa shape index (κ3) is 3.59.